The summed E-state index contributed by atoms with van der Waals surface area (Å²) in [5.74, 6) is 0.565. The van der Waals surface area contributed by atoms with Crippen LogP contribution in [0.2, 0.25) is 4.34 Å². The minimum Gasteiger partial charge on any atom is -0.210 e. The zero-order valence-corrected chi connectivity index (χ0v) is 13.4. The number of alkyl halides is 1. The average molecular weight is 361 g/mol. The lowest BCUT2D eigenvalue weighted by atomic mass is 10.1. The summed E-state index contributed by atoms with van der Waals surface area (Å²) in [6.07, 6.45) is 1.84. The van der Waals surface area contributed by atoms with Gasteiger partial charge in [0.15, 0.2) is 0 Å². The Morgan fingerprint density at radius 1 is 1.53 bits per heavy atom. The minimum absolute atomic E-state index is 0.274. The van der Waals surface area contributed by atoms with Crippen molar-refractivity contribution in [2.24, 2.45) is 5.92 Å². The molecule has 0 aliphatic heterocycles. The van der Waals surface area contributed by atoms with Gasteiger partial charge in [0.25, 0.3) is 0 Å². The van der Waals surface area contributed by atoms with Crippen LogP contribution < -0.4 is 4.72 Å². The van der Waals surface area contributed by atoms with Gasteiger partial charge in [0.1, 0.15) is 4.21 Å². The van der Waals surface area contributed by atoms with E-state index < -0.39 is 10.0 Å². The highest BCUT2D eigenvalue weighted by molar-refractivity contribution is 9.09. The number of sulfonamides is 1. The Balaban J connectivity index is 2.41. The molecule has 7 heteroatoms. The third-order valence-electron chi connectivity index (χ3n) is 2.24. The topological polar surface area (TPSA) is 46.2 Å². The summed E-state index contributed by atoms with van der Waals surface area (Å²) in [6, 6.07) is 3.12. The van der Waals surface area contributed by atoms with Crippen LogP contribution in [0.15, 0.2) is 16.3 Å². The van der Waals surface area contributed by atoms with Crippen LogP contribution in [-0.2, 0) is 10.0 Å². The first-order chi connectivity index (χ1) is 7.95. The normalized spacial score (nSPS) is 13.8. The monoisotopic (exact) mass is 359 g/mol. The molecule has 0 aromatic carbocycles. The third kappa shape index (κ3) is 5.26. The fourth-order valence-corrected chi connectivity index (χ4v) is 4.17. The van der Waals surface area contributed by atoms with Crippen LogP contribution in [0, 0.1) is 5.92 Å². The van der Waals surface area contributed by atoms with Crippen molar-refractivity contribution in [2.45, 2.75) is 24.0 Å². The maximum absolute atomic E-state index is 11.8. The van der Waals surface area contributed by atoms with E-state index in [1.807, 2.05) is 0 Å². The lowest BCUT2D eigenvalue weighted by Gasteiger charge is -2.07. The molecular formula is C10H15BrClNO2S2. The van der Waals surface area contributed by atoms with Crippen LogP contribution in [0.4, 0.5) is 0 Å². The molecule has 0 saturated carbocycles. The van der Waals surface area contributed by atoms with Crippen LogP contribution in [0.3, 0.4) is 0 Å². The minimum atomic E-state index is -3.37. The Bertz CT molecular complexity index is 447. The molecule has 0 fully saturated rings. The number of hydrogen-bond acceptors (Lipinski definition) is 3. The van der Waals surface area contributed by atoms with Gasteiger partial charge in [-0.2, -0.15) is 0 Å². The van der Waals surface area contributed by atoms with Gasteiger partial charge < -0.3 is 0 Å². The predicted octanol–water partition coefficient (Wildman–Crippen LogP) is 3.49. The highest BCUT2D eigenvalue weighted by Crippen LogP contribution is 2.25. The molecule has 1 heterocycles. The lowest BCUT2D eigenvalue weighted by Crippen LogP contribution is -2.24. The van der Waals surface area contributed by atoms with Crippen LogP contribution in [0.5, 0.6) is 0 Å². The molecule has 0 radical (unpaired) electrons. The van der Waals surface area contributed by atoms with Crippen LogP contribution in [-0.4, -0.2) is 20.3 Å². The van der Waals surface area contributed by atoms with Crippen molar-refractivity contribution in [3.05, 3.63) is 16.5 Å². The molecule has 1 aromatic heterocycles. The van der Waals surface area contributed by atoms with E-state index in [1.165, 1.54) is 6.07 Å². The first-order valence-corrected chi connectivity index (χ1v) is 9.06. The van der Waals surface area contributed by atoms with Crippen molar-refractivity contribution < 1.29 is 8.42 Å². The Labute approximate surface area is 120 Å². The number of thiophene rings is 1. The third-order valence-corrected chi connectivity index (χ3v) is 6.53. The summed E-state index contributed by atoms with van der Waals surface area (Å²) in [5.41, 5.74) is 0. The molecule has 1 atom stereocenters. The van der Waals surface area contributed by atoms with Gasteiger partial charge in [-0.1, -0.05) is 34.5 Å². The molecule has 1 N–H and O–H groups in total. The van der Waals surface area contributed by atoms with Crippen molar-refractivity contribution in [2.75, 3.05) is 11.9 Å². The van der Waals surface area contributed by atoms with Crippen molar-refractivity contribution in [3.8, 4) is 0 Å². The highest BCUT2D eigenvalue weighted by atomic mass is 79.9. The molecule has 0 amide bonds. The Kier molecular flexibility index (Phi) is 6.44. The molecule has 0 aliphatic carbocycles. The maximum Gasteiger partial charge on any atom is 0.250 e. The zero-order valence-electron chi connectivity index (χ0n) is 9.45. The summed E-state index contributed by atoms with van der Waals surface area (Å²) in [6.45, 7) is 2.59. The quantitative estimate of drug-likeness (QED) is 0.597. The van der Waals surface area contributed by atoms with E-state index in [1.54, 1.807) is 6.07 Å². The van der Waals surface area contributed by atoms with E-state index in [0.29, 0.717) is 16.8 Å². The van der Waals surface area contributed by atoms with E-state index in [4.69, 9.17) is 11.6 Å². The number of rotatable bonds is 7. The summed E-state index contributed by atoms with van der Waals surface area (Å²) in [7, 11) is -3.37. The molecule has 1 rings (SSSR count). The maximum atomic E-state index is 11.8. The SMILES string of the molecule is CC(CBr)CCCNS(=O)(=O)c1ccc(Cl)s1. The molecule has 3 nitrogen and oxygen atoms in total. The van der Waals surface area contributed by atoms with Gasteiger partial charge in [-0.3, -0.25) is 0 Å². The van der Waals surface area contributed by atoms with Gasteiger partial charge in [0.2, 0.25) is 10.0 Å². The van der Waals surface area contributed by atoms with Gasteiger partial charge in [-0.25, -0.2) is 13.1 Å². The predicted molar refractivity (Wildman–Crippen MR) is 76.7 cm³/mol. The largest absolute Gasteiger partial charge is 0.250 e. The van der Waals surface area contributed by atoms with Gasteiger partial charge >= 0.3 is 0 Å². The number of nitrogens with one attached hydrogen (secondary N) is 1. The van der Waals surface area contributed by atoms with Gasteiger partial charge in [-0.05, 0) is 30.9 Å². The molecule has 17 heavy (non-hydrogen) atoms. The highest BCUT2D eigenvalue weighted by Gasteiger charge is 2.15. The van der Waals surface area contributed by atoms with Gasteiger partial charge in [-0.15, -0.1) is 11.3 Å². The Morgan fingerprint density at radius 3 is 2.76 bits per heavy atom. The smallest absolute Gasteiger partial charge is 0.210 e. The van der Waals surface area contributed by atoms with Crippen molar-refractivity contribution in [1.29, 1.82) is 0 Å². The lowest BCUT2D eigenvalue weighted by molar-refractivity contribution is 0.547. The second kappa shape index (κ2) is 7.09. The van der Waals surface area contributed by atoms with E-state index in [0.717, 1.165) is 29.5 Å². The van der Waals surface area contributed by atoms with E-state index in [9.17, 15) is 8.42 Å². The Hall–Kier alpha value is 0.380. The first-order valence-electron chi connectivity index (χ1n) is 5.26. The molecule has 0 spiro atoms. The summed E-state index contributed by atoms with van der Waals surface area (Å²) < 4.78 is 26.9. The fourth-order valence-electron chi connectivity index (χ4n) is 1.25. The molecule has 1 aromatic rings. The molecular weight excluding hydrogens is 346 g/mol. The van der Waals surface area contributed by atoms with E-state index in [-0.39, 0.29) is 4.21 Å². The summed E-state index contributed by atoms with van der Waals surface area (Å²) in [5, 5.41) is 0.945. The van der Waals surface area contributed by atoms with E-state index in [2.05, 4.69) is 27.6 Å². The van der Waals surface area contributed by atoms with Crippen LogP contribution in [0.1, 0.15) is 19.8 Å². The van der Waals surface area contributed by atoms with Crippen LogP contribution in [0.25, 0.3) is 0 Å². The summed E-state index contributed by atoms with van der Waals surface area (Å²) in [4.78, 5) is 0. The summed E-state index contributed by atoms with van der Waals surface area (Å²) >= 11 is 10.2. The van der Waals surface area contributed by atoms with E-state index >= 15 is 0 Å². The van der Waals surface area contributed by atoms with Crippen molar-refractivity contribution >= 4 is 48.9 Å². The zero-order chi connectivity index (χ0) is 12.9. The second-order valence-electron chi connectivity index (χ2n) is 3.86. The van der Waals surface area contributed by atoms with Crippen LogP contribution >= 0.6 is 38.9 Å². The molecule has 0 aliphatic rings. The van der Waals surface area contributed by atoms with Gasteiger partial charge in [0, 0.05) is 11.9 Å². The molecule has 1 unspecified atom stereocenters. The molecule has 98 valence electrons. The molecule has 0 bridgehead atoms. The van der Waals surface area contributed by atoms with Gasteiger partial charge in [0.05, 0.1) is 4.34 Å². The van der Waals surface area contributed by atoms with Crippen molar-refractivity contribution in [3.63, 3.8) is 0 Å². The average Bonchev–Trinajstić information content (AvgIpc) is 2.71. The standard InChI is InChI=1S/C10H15BrClNO2S2/c1-8(7-11)3-2-6-13-17(14,15)10-5-4-9(12)16-10/h4-5,8,13H,2-3,6-7H2,1H3. The number of halogens is 2. The second-order valence-corrected chi connectivity index (χ2v) is 8.21. The fraction of sp³-hybridized carbons (Fsp3) is 0.600. The Morgan fingerprint density at radius 2 is 2.24 bits per heavy atom. The number of hydrogen-bond donors (Lipinski definition) is 1. The molecule has 0 saturated heterocycles. The first kappa shape index (κ1) is 15.4. The van der Waals surface area contributed by atoms with Crippen molar-refractivity contribution in [1.82, 2.24) is 4.72 Å².